The minimum Gasteiger partial charge on any atom is -0.490 e. The minimum absolute atomic E-state index is 0.0755. The molecule has 0 aliphatic rings. The van der Waals surface area contributed by atoms with E-state index in [9.17, 15) is 4.39 Å². The molecule has 0 unspecified atom stereocenters. The molecule has 0 radical (unpaired) electrons. The normalized spacial score (nSPS) is 10.7. The molecule has 0 amide bonds. The van der Waals surface area contributed by atoms with Crippen LogP contribution in [-0.2, 0) is 19.7 Å². The van der Waals surface area contributed by atoms with Gasteiger partial charge in [-0.05, 0) is 48.4 Å². The second kappa shape index (κ2) is 10.1. The SMILES string of the molecule is CCOc1cc(CNCc2ccncc2)cc(Cl)c1OCc1ccccc1F. The summed E-state index contributed by atoms with van der Waals surface area (Å²) in [6, 6.07) is 14.2. The lowest BCUT2D eigenvalue weighted by atomic mass is 10.2. The third kappa shape index (κ3) is 5.44. The van der Waals surface area contributed by atoms with Crippen LogP contribution >= 0.6 is 11.6 Å². The van der Waals surface area contributed by atoms with E-state index in [1.165, 1.54) is 6.07 Å². The molecule has 0 atom stereocenters. The second-order valence-electron chi connectivity index (χ2n) is 6.18. The Hall–Kier alpha value is -2.63. The fourth-order valence-corrected chi connectivity index (χ4v) is 3.03. The van der Waals surface area contributed by atoms with E-state index in [0.29, 0.717) is 35.2 Å². The summed E-state index contributed by atoms with van der Waals surface area (Å²) in [5.74, 6) is 0.658. The lowest BCUT2D eigenvalue weighted by Gasteiger charge is -2.16. The van der Waals surface area contributed by atoms with Gasteiger partial charge >= 0.3 is 0 Å². The molecule has 0 aliphatic heterocycles. The monoisotopic (exact) mass is 400 g/mol. The number of benzene rings is 2. The van der Waals surface area contributed by atoms with Gasteiger partial charge < -0.3 is 14.8 Å². The first-order valence-electron chi connectivity index (χ1n) is 9.08. The Labute approximate surface area is 169 Å². The second-order valence-corrected chi connectivity index (χ2v) is 6.58. The first-order chi connectivity index (χ1) is 13.7. The summed E-state index contributed by atoms with van der Waals surface area (Å²) in [6.07, 6.45) is 3.53. The van der Waals surface area contributed by atoms with Crippen LogP contribution in [-0.4, -0.2) is 11.6 Å². The number of hydrogen-bond donors (Lipinski definition) is 1. The maximum absolute atomic E-state index is 13.8. The predicted molar refractivity (Wildman–Crippen MR) is 108 cm³/mol. The fraction of sp³-hybridized carbons (Fsp3) is 0.227. The number of rotatable bonds is 9. The topological polar surface area (TPSA) is 43.4 Å². The first-order valence-corrected chi connectivity index (χ1v) is 9.46. The maximum atomic E-state index is 13.8. The van der Waals surface area contributed by atoms with Crippen molar-refractivity contribution in [2.24, 2.45) is 0 Å². The van der Waals surface area contributed by atoms with E-state index >= 15 is 0 Å². The smallest absolute Gasteiger partial charge is 0.180 e. The number of ether oxygens (including phenoxy) is 2. The van der Waals surface area contributed by atoms with E-state index in [4.69, 9.17) is 21.1 Å². The molecule has 28 heavy (non-hydrogen) atoms. The van der Waals surface area contributed by atoms with Crippen LogP contribution in [0.15, 0.2) is 60.9 Å². The summed E-state index contributed by atoms with van der Waals surface area (Å²) >= 11 is 6.44. The van der Waals surface area contributed by atoms with Crippen LogP contribution in [0, 0.1) is 5.82 Å². The molecule has 2 aromatic carbocycles. The Morgan fingerprint density at radius 3 is 2.50 bits per heavy atom. The molecule has 4 nitrogen and oxygen atoms in total. The van der Waals surface area contributed by atoms with E-state index in [2.05, 4.69) is 10.3 Å². The van der Waals surface area contributed by atoms with Crippen LogP contribution in [0.5, 0.6) is 11.5 Å². The zero-order valence-corrected chi connectivity index (χ0v) is 16.4. The Balaban J connectivity index is 1.69. The van der Waals surface area contributed by atoms with Gasteiger partial charge in [0.2, 0.25) is 0 Å². The largest absolute Gasteiger partial charge is 0.490 e. The van der Waals surface area contributed by atoms with Gasteiger partial charge in [0.1, 0.15) is 12.4 Å². The molecule has 6 heteroatoms. The molecule has 3 aromatic rings. The number of pyridine rings is 1. The maximum Gasteiger partial charge on any atom is 0.180 e. The van der Waals surface area contributed by atoms with Crippen LogP contribution in [0.25, 0.3) is 0 Å². The van der Waals surface area contributed by atoms with Gasteiger partial charge in [-0.2, -0.15) is 0 Å². The predicted octanol–water partition coefficient (Wildman–Crippen LogP) is 5.14. The summed E-state index contributed by atoms with van der Waals surface area (Å²) < 4.78 is 25.3. The van der Waals surface area contributed by atoms with Crippen molar-refractivity contribution in [2.45, 2.75) is 26.6 Å². The van der Waals surface area contributed by atoms with Gasteiger partial charge in [-0.15, -0.1) is 0 Å². The molecule has 1 aromatic heterocycles. The lowest BCUT2D eigenvalue weighted by molar-refractivity contribution is 0.266. The molecule has 3 rings (SSSR count). The zero-order valence-electron chi connectivity index (χ0n) is 15.6. The van der Waals surface area contributed by atoms with Crippen LogP contribution in [0.1, 0.15) is 23.6 Å². The Kier molecular flexibility index (Phi) is 7.23. The highest BCUT2D eigenvalue weighted by atomic mass is 35.5. The number of nitrogens with zero attached hydrogens (tertiary/aromatic N) is 1. The van der Waals surface area contributed by atoms with Crippen molar-refractivity contribution < 1.29 is 13.9 Å². The third-order valence-corrected chi connectivity index (χ3v) is 4.39. The summed E-state index contributed by atoms with van der Waals surface area (Å²) in [4.78, 5) is 4.01. The van der Waals surface area contributed by atoms with Gasteiger partial charge in [0.05, 0.1) is 11.6 Å². The van der Waals surface area contributed by atoms with Gasteiger partial charge in [0.25, 0.3) is 0 Å². The molecule has 0 aliphatic carbocycles. The van der Waals surface area contributed by atoms with Crippen LogP contribution < -0.4 is 14.8 Å². The highest BCUT2D eigenvalue weighted by molar-refractivity contribution is 6.32. The Morgan fingerprint density at radius 1 is 1.00 bits per heavy atom. The van der Waals surface area contributed by atoms with Gasteiger partial charge in [-0.1, -0.05) is 29.8 Å². The highest BCUT2D eigenvalue weighted by Crippen LogP contribution is 2.37. The van der Waals surface area contributed by atoms with E-state index < -0.39 is 0 Å². The van der Waals surface area contributed by atoms with Gasteiger partial charge in [-0.3, -0.25) is 4.98 Å². The number of hydrogen-bond acceptors (Lipinski definition) is 4. The van der Waals surface area contributed by atoms with Crippen LogP contribution in [0.2, 0.25) is 5.02 Å². The van der Waals surface area contributed by atoms with Crippen LogP contribution in [0.4, 0.5) is 4.39 Å². The molecule has 1 heterocycles. The molecule has 0 bridgehead atoms. The third-order valence-electron chi connectivity index (χ3n) is 4.11. The number of nitrogens with one attached hydrogen (secondary N) is 1. The molecule has 0 fully saturated rings. The molecule has 146 valence electrons. The van der Waals surface area contributed by atoms with Crippen molar-refractivity contribution in [2.75, 3.05) is 6.61 Å². The van der Waals surface area contributed by atoms with E-state index in [-0.39, 0.29) is 12.4 Å². The van der Waals surface area contributed by atoms with Crippen molar-refractivity contribution in [1.29, 1.82) is 0 Å². The summed E-state index contributed by atoms with van der Waals surface area (Å²) in [5.41, 5.74) is 2.58. The molecule has 1 N–H and O–H groups in total. The number of halogens is 2. The van der Waals surface area contributed by atoms with E-state index in [1.54, 1.807) is 30.6 Å². The van der Waals surface area contributed by atoms with Gasteiger partial charge in [0, 0.05) is 31.0 Å². The highest BCUT2D eigenvalue weighted by Gasteiger charge is 2.14. The summed E-state index contributed by atoms with van der Waals surface area (Å²) in [5, 5.41) is 3.80. The molecular formula is C22H22ClFN2O2. The average Bonchev–Trinajstić information content (AvgIpc) is 2.70. The molecular weight excluding hydrogens is 379 g/mol. The lowest BCUT2D eigenvalue weighted by Crippen LogP contribution is -2.13. The van der Waals surface area contributed by atoms with Crippen molar-refractivity contribution in [3.8, 4) is 11.5 Å². The van der Waals surface area contributed by atoms with Gasteiger partial charge in [-0.25, -0.2) is 4.39 Å². The van der Waals surface area contributed by atoms with Crippen molar-refractivity contribution in [3.63, 3.8) is 0 Å². The summed E-state index contributed by atoms with van der Waals surface area (Å²) in [7, 11) is 0. The average molecular weight is 401 g/mol. The minimum atomic E-state index is -0.312. The number of aromatic nitrogens is 1. The zero-order chi connectivity index (χ0) is 19.8. The molecule has 0 saturated heterocycles. The van der Waals surface area contributed by atoms with Crippen molar-refractivity contribution in [3.05, 3.63) is 88.5 Å². The van der Waals surface area contributed by atoms with Crippen molar-refractivity contribution in [1.82, 2.24) is 10.3 Å². The van der Waals surface area contributed by atoms with Crippen molar-refractivity contribution >= 4 is 11.6 Å². The fourth-order valence-electron chi connectivity index (χ4n) is 2.74. The quantitative estimate of drug-likeness (QED) is 0.540. The Morgan fingerprint density at radius 2 is 1.75 bits per heavy atom. The molecule has 0 spiro atoms. The summed E-state index contributed by atoms with van der Waals surface area (Å²) in [6.45, 7) is 3.78. The standard InChI is InChI=1S/C22H22ClFN2O2/c1-2-27-21-12-17(14-26-13-16-7-9-25-10-8-16)11-19(23)22(21)28-15-18-5-3-4-6-20(18)24/h3-12,26H,2,13-15H2,1H3. The van der Waals surface area contributed by atoms with E-state index in [1.807, 2.05) is 31.2 Å². The first kappa shape index (κ1) is 20.1. The van der Waals surface area contributed by atoms with Crippen LogP contribution in [0.3, 0.4) is 0 Å². The van der Waals surface area contributed by atoms with E-state index in [0.717, 1.165) is 17.7 Å². The molecule has 0 saturated carbocycles. The Bertz CT molecular complexity index is 906. The van der Waals surface area contributed by atoms with Gasteiger partial charge in [0.15, 0.2) is 11.5 Å².